The highest BCUT2D eigenvalue weighted by Gasteiger charge is 2.44. The van der Waals surface area contributed by atoms with Crippen LogP contribution in [0.25, 0.3) is 5.65 Å². The van der Waals surface area contributed by atoms with Gasteiger partial charge in [-0.25, -0.2) is 4.98 Å². The van der Waals surface area contributed by atoms with Gasteiger partial charge in [0.25, 0.3) is 0 Å². The van der Waals surface area contributed by atoms with E-state index in [0.717, 1.165) is 51.0 Å². The molecule has 40 heavy (non-hydrogen) atoms. The second kappa shape index (κ2) is 10.1. The van der Waals surface area contributed by atoms with Gasteiger partial charge in [-0.1, -0.05) is 11.6 Å². The molecule has 13 heteroatoms. The van der Waals surface area contributed by atoms with Crippen molar-refractivity contribution < 1.29 is 9.84 Å². The van der Waals surface area contributed by atoms with Crippen LogP contribution < -0.4 is 15.5 Å². The number of hydrogen-bond acceptors (Lipinski definition) is 11. The molecule has 0 radical (unpaired) electrons. The molecule has 1 aliphatic carbocycles. The second-order valence-corrected chi connectivity index (χ2v) is 11.4. The van der Waals surface area contributed by atoms with Crippen LogP contribution in [0.4, 0.5) is 23.1 Å². The van der Waals surface area contributed by atoms with Crippen molar-refractivity contribution in [2.24, 2.45) is 5.92 Å². The predicted molar refractivity (Wildman–Crippen MR) is 148 cm³/mol. The molecule has 7 rings (SSSR count). The predicted octanol–water partition coefficient (Wildman–Crippen LogP) is 2.50. The quantitative estimate of drug-likeness (QED) is 0.408. The number of imidazole rings is 1. The summed E-state index contributed by atoms with van der Waals surface area (Å²) in [6.07, 6.45) is 5.13. The zero-order valence-corrected chi connectivity index (χ0v) is 22.5. The van der Waals surface area contributed by atoms with Crippen molar-refractivity contribution in [3.05, 3.63) is 34.6 Å². The van der Waals surface area contributed by atoms with E-state index in [1.54, 1.807) is 6.07 Å². The van der Waals surface area contributed by atoms with Crippen LogP contribution in [0.2, 0.25) is 5.02 Å². The van der Waals surface area contributed by atoms with Crippen molar-refractivity contribution in [1.29, 1.82) is 10.5 Å². The number of aromatic nitrogens is 4. The maximum atomic E-state index is 10.4. The summed E-state index contributed by atoms with van der Waals surface area (Å²) in [5.74, 6) is 1.22. The van der Waals surface area contributed by atoms with Crippen LogP contribution in [0, 0.1) is 28.6 Å². The van der Waals surface area contributed by atoms with E-state index in [1.807, 2.05) is 6.07 Å². The first-order chi connectivity index (χ1) is 19.5. The number of halogens is 1. The maximum absolute atomic E-state index is 10.4. The molecule has 3 saturated heterocycles. The molecule has 2 aromatic heterocycles. The van der Waals surface area contributed by atoms with Crippen molar-refractivity contribution in [1.82, 2.24) is 24.5 Å². The molecular formula is C27H29ClN10O2. The Morgan fingerprint density at radius 3 is 2.70 bits per heavy atom. The van der Waals surface area contributed by atoms with E-state index in [2.05, 4.69) is 47.6 Å². The number of ether oxygens (including phenoxy) is 1. The average molecular weight is 561 g/mol. The number of aliphatic hydroxyl groups is 1. The van der Waals surface area contributed by atoms with E-state index in [0.29, 0.717) is 64.6 Å². The van der Waals surface area contributed by atoms with E-state index in [4.69, 9.17) is 16.3 Å². The summed E-state index contributed by atoms with van der Waals surface area (Å²) in [6.45, 7) is 3.54. The summed E-state index contributed by atoms with van der Waals surface area (Å²) in [7, 11) is 0. The zero-order chi connectivity index (χ0) is 27.4. The highest BCUT2D eigenvalue weighted by Crippen LogP contribution is 2.41. The number of hydrogen-bond donors (Lipinski definition) is 3. The number of fused-ring (bicyclic) bond motifs is 2. The number of nitriles is 2. The Hall–Kier alpha value is -3.68. The van der Waals surface area contributed by atoms with Crippen molar-refractivity contribution in [3.8, 4) is 12.1 Å². The third kappa shape index (κ3) is 4.47. The molecule has 3 aliphatic heterocycles. The summed E-state index contributed by atoms with van der Waals surface area (Å²) < 4.78 is 6.99. The largest absolute Gasteiger partial charge is 0.389 e. The summed E-state index contributed by atoms with van der Waals surface area (Å²) in [6, 6.07) is 8.69. The van der Waals surface area contributed by atoms with Gasteiger partial charge in [-0.3, -0.25) is 4.90 Å². The van der Waals surface area contributed by atoms with E-state index >= 15 is 0 Å². The molecule has 0 spiro atoms. The lowest BCUT2D eigenvalue weighted by Crippen LogP contribution is -2.51. The van der Waals surface area contributed by atoms with Gasteiger partial charge in [-0.2, -0.15) is 20.0 Å². The zero-order valence-electron chi connectivity index (χ0n) is 21.8. The number of anilines is 4. The number of piperidine rings is 1. The molecule has 3 aromatic rings. The number of nitrogens with one attached hydrogen (secondary N) is 2. The maximum Gasteiger partial charge on any atom is 0.247 e. The summed E-state index contributed by atoms with van der Waals surface area (Å²) in [5.41, 5.74) is 2.56. The molecule has 4 fully saturated rings. The Kier molecular flexibility index (Phi) is 6.36. The molecule has 12 nitrogen and oxygen atoms in total. The van der Waals surface area contributed by atoms with Gasteiger partial charge in [0.2, 0.25) is 5.95 Å². The van der Waals surface area contributed by atoms with Crippen molar-refractivity contribution in [3.63, 3.8) is 0 Å². The molecule has 5 heterocycles. The first kappa shape index (κ1) is 25.3. The van der Waals surface area contributed by atoms with Crippen molar-refractivity contribution in [2.75, 3.05) is 48.4 Å². The lowest BCUT2D eigenvalue weighted by atomic mass is 9.91. The van der Waals surface area contributed by atoms with Gasteiger partial charge >= 0.3 is 0 Å². The smallest absolute Gasteiger partial charge is 0.247 e. The molecular weight excluding hydrogens is 532 g/mol. The van der Waals surface area contributed by atoms with E-state index < -0.39 is 6.10 Å². The monoisotopic (exact) mass is 560 g/mol. The van der Waals surface area contributed by atoms with Crippen LogP contribution >= 0.6 is 11.6 Å². The number of rotatable bonds is 6. The van der Waals surface area contributed by atoms with Gasteiger partial charge < -0.3 is 25.4 Å². The number of likely N-dealkylation sites (tertiary alicyclic amines) is 1. The number of nitrogens with zero attached hydrogens (tertiary/aromatic N) is 8. The Morgan fingerprint density at radius 1 is 1.07 bits per heavy atom. The molecule has 3 N–H and O–H groups in total. The molecule has 4 atom stereocenters. The van der Waals surface area contributed by atoms with E-state index in [9.17, 15) is 15.6 Å². The average Bonchev–Trinajstić information content (AvgIpc) is 3.31. The van der Waals surface area contributed by atoms with Crippen LogP contribution in [-0.4, -0.2) is 86.7 Å². The first-order valence-electron chi connectivity index (χ1n) is 13.7. The topological polar surface area (TPSA) is 151 Å². The molecule has 4 aliphatic rings. The number of aliphatic hydroxyl groups excluding tert-OH is 1. The van der Waals surface area contributed by atoms with Crippen LogP contribution in [0.3, 0.4) is 0 Å². The second-order valence-electron chi connectivity index (χ2n) is 11.0. The van der Waals surface area contributed by atoms with E-state index in [-0.39, 0.29) is 12.0 Å². The van der Waals surface area contributed by atoms with Gasteiger partial charge in [0.15, 0.2) is 17.2 Å². The highest BCUT2D eigenvalue weighted by atomic mass is 35.5. The van der Waals surface area contributed by atoms with E-state index in [1.165, 1.54) is 10.7 Å². The molecule has 1 saturated carbocycles. The molecule has 206 valence electrons. The molecule has 1 aromatic carbocycles. The molecule has 0 amide bonds. The lowest BCUT2D eigenvalue weighted by molar-refractivity contribution is 0.0631. The highest BCUT2D eigenvalue weighted by molar-refractivity contribution is 6.36. The first-order valence-corrected chi connectivity index (χ1v) is 14.1. The summed E-state index contributed by atoms with van der Waals surface area (Å²) in [4.78, 5) is 13.7. The minimum Gasteiger partial charge on any atom is -0.389 e. The fourth-order valence-electron chi connectivity index (χ4n) is 6.34. The summed E-state index contributed by atoms with van der Waals surface area (Å²) >= 11 is 6.99. The fraction of sp³-hybridized carbons (Fsp3) is 0.519. The van der Waals surface area contributed by atoms with Crippen LogP contribution in [0.1, 0.15) is 36.9 Å². The Bertz CT molecular complexity index is 1540. The Labute approximate surface area is 236 Å². The third-order valence-electron chi connectivity index (χ3n) is 8.49. The van der Waals surface area contributed by atoms with Gasteiger partial charge in [0.1, 0.15) is 6.07 Å². The minimum atomic E-state index is -0.430. The third-order valence-corrected chi connectivity index (χ3v) is 8.89. The Balaban J connectivity index is 1.17. The van der Waals surface area contributed by atoms with Crippen molar-refractivity contribution >= 4 is 40.4 Å². The van der Waals surface area contributed by atoms with Gasteiger partial charge in [-0.15, -0.1) is 5.10 Å². The Morgan fingerprint density at radius 2 is 1.95 bits per heavy atom. The van der Waals surface area contributed by atoms with Gasteiger partial charge in [-0.05, 0) is 50.3 Å². The molecule has 0 bridgehead atoms. The van der Waals surface area contributed by atoms with Crippen LogP contribution in [0.15, 0.2) is 18.3 Å². The van der Waals surface area contributed by atoms with Crippen LogP contribution in [0.5, 0.6) is 0 Å². The molecule has 4 unspecified atom stereocenters. The standard InChI is InChI=1S/C27H29ClN10O2/c28-24-19(33-27-34-25(32-17-1-2-17)26-31-11-18(10-30)38(26)35-27)7-15(9-29)8-21(24)36-5-4-20-16(12-36)3-6-37(20)22-13-40-14-23(22)39/h7-8,11,16-17,20,22-23,39H,1-6,12-14H2,(H2,32,33,34,35). The normalized spacial score (nSPS) is 26.4. The van der Waals surface area contributed by atoms with Gasteiger partial charge in [0, 0.05) is 25.2 Å². The van der Waals surface area contributed by atoms with Crippen molar-refractivity contribution in [2.45, 2.75) is 49.9 Å². The van der Waals surface area contributed by atoms with Gasteiger partial charge in [0.05, 0.1) is 59.6 Å². The summed E-state index contributed by atoms with van der Waals surface area (Å²) in [5, 5.41) is 41.3. The number of benzene rings is 1. The fourth-order valence-corrected chi connectivity index (χ4v) is 6.62. The minimum absolute atomic E-state index is 0.0662. The lowest BCUT2D eigenvalue weighted by Gasteiger charge is -2.41. The SMILES string of the molecule is N#Cc1cc(Nc2nc(NC3CC3)c3ncc(C#N)n3n2)c(Cl)c(N2CCC3C(CCN3C3COCC3O)C2)c1. The van der Waals surface area contributed by atoms with Crippen LogP contribution in [-0.2, 0) is 4.74 Å².